The summed E-state index contributed by atoms with van der Waals surface area (Å²) in [5, 5.41) is 0. The van der Waals surface area contributed by atoms with Gasteiger partial charge in [0.1, 0.15) is 0 Å². The Kier molecular flexibility index (Phi) is 4.44. The summed E-state index contributed by atoms with van der Waals surface area (Å²) in [5.74, 6) is 0. The third-order valence-electron chi connectivity index (χ3n) is 2.99. The predicted octanol–water partition coefficient (Wildman–Crippen LogP) is -0.128. The molecule has 0 saturated carbocycles. The maximum absolute atomic E-state index is 5.88. The Morgan fingerprint density at radius 3 is 2.88 bits per heavy atom. The molecule has 1 aliphatic rings. The second kappa shape index (κ2) is 6.07. The average Bonchev–Trinajstić information content (AvgIpc) is 2.39. The van der Waals surface area contributed by atoms with Crippen LogP contribution in [0.4, 0.5) is 0 Å². The topological polar surface area (TPSA) is 77.4 Å². The van der Waals surface area contributed by atoms with Crippen LogP contribution in [-0.4, -0.2) is 42.7 Å². The maximum Gasteiger partial charge on any atom is 0.0594 e. The normalized spacial score (nSPS) is 19.2. The zero-order chi connectivity index (χ0) is 12.1. The molecule has 1 saturated heterocycles. The minimum absolute atomic E-state index is 0.167. The molecule has 0 aromatic carbocycles. The summed E-state index contributed by atoms with van der Waals surface area (Å²) in [7, 11) is 0. The monoisotopic (exact) mass is 236 g/mol. The molecule has 4 N–H and O–H groups in total. The molecule has 2 heterocycles. The molecule has 1 aliphatic heterocycles. The average molecular weight is 236 g/mol. The van der Waals surface area contributed by atoms with E-state index in [4.69, 9.17) is 16.2 Å². The van der Waals surface area contributed by atoms with Gasteiger partial charge in [-0.25, -0.2) is 0 Å². The van der Waals surface area contributed by atoms with Crippen LogP contribution in [-0.2, 0) is 11.3 Å². The molecule has 94 valence electrons. The van der Waals surface area contributed by atoms with E-state index in [1.54, 1.807) is 6.20 Å². The first-order valence-electron chi connectivity index (χ1n) is 6.00. The number of nitrogens with two attached hydrogens (primary N) is 2. The molecule has 1 unspecified atom stereocenters. The Morgan fingerprint density at radius 2 is 2.18 bits per heavy atom. The second-order valence-corrected chi connectivity index (χ2v) is 4.32. The van der Waals surface area contributed by atoms with E-state index in [1.165, 1.54) is 5.56 Å². The van der Waals surface area contributed by atoms with Crippen molar-refractivity contribution in [3.63, 3.8) is 0 Å². The van der Waals surface area contributed by atoms with Crippen LogP contribution in [0.5, 0.6) is 0 Å². The minimum Gasteiger partial charge on any atom is -0.379 e. The van der Waals surface area contributed by atoms with Gasteiger partial charge in [0, 0.05) is 32.4 Å². The van der Waals surface area contributed by atoms with Gasteiger partial charge in [-0.05, 0) is 17.7 Å². The van der Waals surface area contributed by atoms with E-state index >= 15 is 0 Å². The summed E-state index contributed by atoms with van der Waals surface area (Å²) in [5.41, 5.74) is 13.5. The number of pyridine rings is 1. The Balaban J connectivity index is 2.00. The molecule has 1 aromatic rings. The van der Waals surface area contributed by atoms with Gasteiger partial charge in [0.15, 0.2) is 0 Å². The van der Waals surface area contributed by atoms with Crippen molar-refractivity contribution < 1.29 is 4.74 Å². The van der Waals surface area contributed by atoms with Gasteiger partial charge in [0.25, 0.3) is 0 Å². The van der Waals surface area contributed by atoms with Crippen molar-refractivity contribution >= 4 is 0 Å². The highest BCUT2D eigenvalue weighted by Gasteiger charge is 2.12. The van der Waals surface area contributed by atoms with Gasteiger partial charge in [-0.1, -0.05) is 0 Å². The van der Waals surface area contributed by atoms with Crippen LogP contribution in [0.25, 0.3) is 0 Å². The molecule has 17 heavy (non-hydrogen) atoms. The summed E-state index contributed by atoms with van der Waals surface area (Å²) in [6, 6.07) is 3.91. The zero-order valence-corrected chi connectivity index (χ0v) is 10.0. The van der Waals surface area contributed by atoms with Crippen LogP contribution in [0, 0.1) is 0 Å². The van der Waals surface area contributed by atoms with Gasteiger partial charge in [-0.2, -0.15) is 0 Å². The molecule has 1 fully saturated rings. The van der Waals surface area contributed by atoms with Crippen molar-refractivity contribution in [3.8, 4) is 0 Å². The highest BCUT2D eigenvalue weighted by molar-refractivity contribution is 5.19. The van der Waals surface area contributed by atoms with Crippen LogP contribution >= 0.6 is 0 Å². The fourth-order valence-corrected chi connectivity index (χ4v) is 1.93. The number of morpholine rings is 1. The summed E-state index contributed by atoms with van der Waals surface area (Å²) in [6.07, 6.45) is 1.81. The van der Waals surface area contributed by atoms with E-state index in [1.807, 2.05) is 12.1 Å². The Hall–Kier alpha value is -1.01. The van der Waals surface area contributed by atoms with Crippen LogP contribution in [0.15, 0.2) is 18.3 Å². The molecular weight excluding hydrogens is 216 g/mol. The van der Waals surface area contributed by atoms with Crippen molar-refractivity contribution in [1.82, 2.24) is 9.88 Å². The second-order valence-electron chi connectivity index (χ2n) is 4.32. The third kappa shape index (κ3) is 3.47. The lowest BCUT2D eigenvalue weighted by Crippen LogP contribution is -2.35. The molecule has 0 amide bonds. The molecule has 1 atom stereocenters. The van der Waals surface area contributed by atoms with Gasteiger partial charge in [-0.15, -0.1) is 0 Å². The summed E-state index contributed by atoms with van der Waals surface area (Å²) >= 11 is 0. The van der Waals surface area contributed by atoms with E-state index in [2.05, 4.69) is 9.88 Å². The summed E-state index contributed by atoms with van der Waals surface area (Å²) < 4.78 is 5.33. The maximum atomic E-state index is 5.88. The highest BCUT2D eigenvalue weighted by atomic mass is 16.5. The van der Waals surface area contributed by atoms with Crippen LogP contribution in [0.1, 0.15) is 17.3 Å². The number of rotatable bonds is 4. The van der Waals surface area contributed by atoms with Gasteiger partial charge in [-0.3, -0.25) is 9.88 Å². The van der Waals surface area contributed by atoms with Gasteiger partial charge in [0.2, 0.25) is 0 Å². The van der Waals surface area contributed by atoms with Crippen molar-refractivity contribution in [2.45, 2.75) is 12.6 Å². The molecule has 5 heteroatoms. The lowest BCUT2D eigenvalue weighted by Gasteiger charge is -2.26. The predicted molar refractivity (Wildman–Crippen MR) is 66.3 cm³/mol. The van der Waals surface area contributed by atoms with E-state index in [-0.39, 0.29) is 6.04 Å². The number of ether oxygens (including phenoxy) is 1. The van der Waals surface area contributed by atoms with Crippen LogP contribution in [0.2, 0.25) is 0 Å². The van der Waals surface area contributed by atoms with Gasteiger partial charge < -0.3 is 16.2 Å². The fourth-order valence-electron chi connectivity index (χ4n) is 1.93. The Morgan fingerprint density at radius 1 is 1.41 bits per heavy atom. The van der Waals surface area contributed by atoms with Crippen LogP contribution in [0.3, 0.4) is 0 Å². The molecule has 0 bridgehead atoms. The molecule has 1 aromatic heterocycles. The van der Waals surface area contributed by atoms with Crippen molar-refractivity contribution in [1.29, 1.82) is 0 Å². The lowest BCUT2D eigenvalue weighted by atomic mass is 10.1. The molecule has 5 nitrogen and oxygen atoms in total. The number of hydrogen-bond acceptors (Lipinski definition) is 5. The van der Waals surface area contributed by atoms with Crippen LogP contribution < -0.4 is 11.5 Å². The number of aromatic nitrogens is 1. The van der Waals surface area contributed by atoms with Crippen molar-refractivity contribution in [2.75, 3.05) is 32.8 Å². The number of hydrogen-bond donors (Lipinski definition) is 2. The summed E-state index contributed by atoms with van der Waals surface area (Å²) in [6.45, 7) is 4.96. The highest BCUT2D eigenvalue weighted by Crippen LogP contribution is 2.11. The molecule has 0 aliphatic carbocycles. The fraction of sp³-hybridized carbons (Fsp3) is 0.583. The van der Waals surface area contributed by atoms with E-state index in [0.717, 1.165) is 38.5 Å². The third-order valence-corrected chi connectivity index (χ3v) is 2.99. The van der Waals surface area contributed by atoms with E-state index in [9.17, 15) is 0 Å². The van der Waals surface area contributed by atoms with Gasteiger partial charge >= 0.3 is 0 Å². The number of nitrogens with zero attached hydrogens (tertiary/aromatic N) is 2. The first kappa shape index (κ1) is 12.4. The Labute approximate surface area is 102 Å². The Bertz CT molecular complexity index is 352. The van der Waals surface area contributed by atoms with E-state index < -0.39 is 0 Å². The summed E-state index contributed by atoms with van der Waals surface area (Å²) in [4.78, 5) is 6.63. The lowest BCUT2D eigenvalue weighted by molar-refractivity contribution is 0.0341. The van der Waals surface area contributed by atoms with Crippen molar-refractivity contribution in [2.24, 2.45) is 11.5 Å². The standard InChI is InChI=1S/C12H20N4O/c13-8-11(14)12-7-10(1-2-15-12)9-16-3-5-17-6-4-16/h1-2,7,11H,3-6,8-9,13-14H2. The first-order valence-corrected chi connectivity index (χ1v) is 6.00. The SMILES string of the molecule is NCC(N)c1cc(CN2CCOCC2)ccn1. The van der Waals surface area contributed by atoms with E-state index in [0.29, 0.717) is 6.54 Å². The van der Waals surface area contributed by atoms with Crippen molar-refractivity contribution in [3.05, 3.63) is 29.6 Å². The zero-order valence-electron chi connectivity index (χ0n) is 10.0. The smallest absolute Gasteiger partial charge is 0.0594 e. The minimum atomic E-state index is -0.167. The largest absolute Gasteiger partial charge is 0.379 e. The molecule has 2 rings (SSSR count). The first-order chi connectivity index (χ1) is 8.29. The quantitative estimate of drug-likeness (QED) is 0.761. The molecule has 0 radical (unpaired) electrons. The van der Waals surface area contributed by atoms with Gasteiger partial charge in [0.05, 0.1) is 24.9 Å². The molecular formula is C12H20N4O. The molecule has 0 spiro atoms.